The Kier molecular flexibility index (Phi) is 2.06. The standard InChI is InChI=1S/C8H2ClNO6/c9-3-1-2-4(8(13)16-7(2)12)5(6(3)11)10(14)15/h1,11H. The molecule has 1 aromatic rings. The second kappa shape index (κ2) is 3.17. The number of ether oxygens (including phenoxy) is 1. The van der Waals surface area contributed by atoms with Gasteiger partial charge in [0.15, 0.2) is 5.56 Å². The average Bonchev–Trinajstić information content (AvgIpc) is 2.44. The number of nitro groups is 1. The maximum atomic E-state index is 11.2. The summed E-state index contributed by atoms with van der Waals surface area (Å²) in [4.78, 5) is 31.9. The van der Waals surface area contributed by atoms with Crippen molar-refractivity contribution < 1.29 is 24.4 Å². The summed E-state index contributed by atoms with van der Waals surface area (Å²) < 4.78 is 4.18. The molecule has 0 fully saturated rings. The lowest BCUT2D eigenvalue weighted by atomic mass is 10.1. The van der Waals surface area contributed by atoms with Crippen LogP contribution in [0.1, 0.15) is 20.7 Å². The molecule has 0 amide bonds. The van der Waals surface area contributed by atoms with Crippen molar-refractivity contribution in [1.82, 2.24) is 0 Å². The number of hydrogen-bond acceptors (Lipinski definition) is 6. The number of halogens is 1. The summed E-state index contributed by atoms with van der Waals surface area (Å²) in [6, 6.07) is 0.951. The van der Waals surface area contributed by atoms with Crippen LogP contribution in [0.3, 0.4) is 0 Å². The minimum absolute atomic E-state index is 0.320. The molecule has 8 heteroatoms. The minimum Gasteiger partial charge on any atom is -0.501 e. The second-order valence-electron chi connectivity index (χ2n) is 2.91. The van der Waals surface area contributed by atoms with E-state index in [9.17, 15) is 24.8 Å². The first kappa shape index (κ1) is 10.4. The first-order valence-corrected chi connectivity index (χ1v) is 4.27. The lowest BCUT2D eigenvalue weighted by molar-refractivity contribution is -0.386. The van der Waals surface area contributed by atoms with Gasteiger partial charge in [0, 0.05) is 0 Å². The van der Waals surface area contributed by atoms with Crippen molar-refractivity contribution in [3.8, 4) is 5.75 Å². The summed E-state index contributed by atoms with van der Waals surface area (Å²) >= 11 is 5.48. The monoisotopic (exact) mass is 243 g/mol. The van der Waals surface area contributed by atoms with Crippen molar-refractivity contribution >= 4 is 29.2 Å². The summed E-state index contributed by atoms with van der Waals surface area (Å²) in [6.45, 7) is 0. The fourth-order valence-corrected chi connectivity index (χ4v) is 1.56. The number of benzene rings is 1. The van der Waals surface area contributed by atoms with Gasteiger partial charge in [-0.15, -0.1) is 0 Å². The normalized spacial score (nSPS) is 13.6. The van der Waals surface area contributed by atoms with Gasteiger partial charge in [0.25, 0.3) is 0 Å². The Hall–Kier alpha value is -2.15. The smallest absolute Gasteiger partial charge is 0.354 e. The maximum absolute atomic E-state index is 11.2. The Balaban J connectivity index is 2.88. The van der Waals surface area contributed by atoms with Crippen LogP contribution in [0.2, 0.25) is 5.02 Å². The van der Waals surface area contributed by atoms with Crippen LogP contribution in [0.4, 0.5) is 5.69 Å². The number of fused-ring (bicyclic) bond motifs is 1. The summed E-state index contributed by atoms with van der Waals surface area (Å²) in [5.74, 6) is -3.05. The number of esters is 2. The third-order valence-corrected chi connectivity index (χ3v) is 2.31. The van der Waals surface area contributed by atoms with Crippen LogP contribution in [-0.4, -0.2) is 22.0 Å². The number of carbonyl (C=O) groups excluding carboxylic acids is 2. The van der Waals surface area contributed by atoms with E-state index < -0.39 is 38.9 Å². The van der Waals surface area contributed by atoms with Gasteiger partial charge in [-0.05, 0) is 6.07 Å². The molecule has 16 heavy (non-hydrogen) atoms. The number of nitro benzene ring substituents is 1. The highest BCUT2D eigenvalue weighted by atomic mass is 35.5. The molecule has 0 spiro atoms. The van der Waals surface area contributed by atoms with E-state index in [1.807, 2.05) is 0 Å². The fourth-order valence-electron chi connectivity index (χ4n) is 1.36. The van der Waals surface area contributed by atoms with E-state index in [1.54, 1.807) is 0 Å². The van der Waals surface area contributed by atoms with E-state index >= 15 is 0 Å². The molecule has 0 aliphatic carbocycles. The van der Waals surface area contributed by atoms with Crippen molar-refractivity contribution in [2.75, 3.05) is 0 Å². The number of carbonyl (C=O) groups is 2. The second-order valence-corrected chi connectivity index (χ2v) is 3.32. The van der Waals surface area contributed by atoms with Gasteiger partial charge < -0.3 is 9.84 Å². The highest BCUT2D eigenvalue weighted by molar-refractivity contribution is 6.33. The molecule has 1 heterocycles. The fraction of sp³-hybridized carbons (Fsp3) is 0. The van der Waals surface area contributed by atoms with E-state index in [1.165, 1.54) is 0 Å². The molecule has 82 valence electrons. The predicted octanol–water partition coefficient (Wildman–Crippen LogP) is 1.26. The van der Waals surface area contributed by atoms with Crippen molar-refractivity contribution in [2.45, 2.75) is 0 Å². The Morgan fingerprint density at radius 1 is 1.38 bits per heavy atom. The van der Waals surface area contributed by atoms with Gasteiger partial charge in [-0.2, -0.15) is 0 Å². The van der Waals surface area contributed by atoms with E-state index in [0.717, 1.165) is 6.07 Å². The molecule has 0 saturated heterocycles. The molecule has 1 aliphatic rings. The van der Waals surface area contributed by atoms with Crippen LogP contribution in [-0.2, 0) is 4.74 Å². The van der Waals surface area contributed by atoms with Crippen LogP contribution >= 0.6 is 11.6 Å². The number of hydrogen-bond donors (Lipinski definition) is 1. The van der Waals surface area contributed by atoms with Gasteiger partial charge in [0.2, 0.25) is 5.75 Å². The molecule has 7 nitrogen and oxygen atoms in total. The topological polar surface area (TPSA) is 107 Å². The van der Waals surface area contributed by atoms with E-state index in [-0.39, 0.29) is 5.56 Å². The summed E-state index contributed by atoms with van der Waals surface area (Å²) in [7, 11) is 0. The number of rotatable bonds is 1. The number of nitrogens with zero attached hydrogens (tertiary/aromatic N) is 1. The van der Waals surface area contributed by atoms with E-state index in [0.29, 0.717) is 0 Å². The van der Waals surface area contributed by atoms with Crippen LogP contribution in [0, 0.1) is 10.1 Å². The summed E-state index contributed by atoms with van der Waals surface area (Å²) in [5, 5.41) is 19.6. The Morgan fingerprint density at radius 2 is 2.00 bits per heavy atom. The van der Waals surface area contributed by atoms with Crippen molar-refractivity contribution in [1.29, 1.82) is 0 Å². The highest BCUT2D eigenvalue weighted by Crippen LogP contribution is 2.41. The molecule has 0 atom stereocenters. The lowest BCUT2D eigenvalue weighted by Crippen LogP contribution is -2.01. The van der Waals surface area contributed by atoms with Crippen molar-refractivity contribution in [3.63, 3.8) is 0 Å². The highest BCUT2D eigenvalue weighted by Gasteiger charge is 2.40. The molecule has 0 bridgehead atoms. The number of aromatic hydroxyl groups is 1. The zero-order chi connectivity index (χ0) is 12.0. The predicted molar refractivity (Wildman–Crippen MR) is 49.5 cm³/mol. The number of cyclic esters (lactones) is 2. The van der Waals surface area contributed by atoms with Crippen LogP contribution in [0.25, 0.3) is 0 Å². The molecular weight excluding hydrogens is 242 g/mol. The largest absolute Gasteiger partial charge is 0.501 e. The van der Waals surface area contributed by atoms with Gasteiger partial charge in [0.05, 0.1) is 15.5 Å². The average molecular weight is 244 g/mol. The lowest BCUT2D eigenvalue weighted by Gasteiger charge is -2.00. The van der Waals surface area contributed by atoms with Crippen LogP contribution in [0.5, 0.6) is 5.75 Å². The third kappa shape index (κ3) is 1.22. The van der Waals surface area contributed by atoms with Crippen molar-refractivity contribution in [2.24, 2.45) is 0 Å². The molecule has 1 aliphatic heterocycles. The van der Waals surface area contributed by atoms with Gasteiger partial charge in [-0.1, -0.05) is 11.6 Å². The SMILES string of the molecule is O=C1OC(=O)c2c1cc(Cl)c(O)c2[N+](=O)[O-]. The first-order chi connectivity index (χ1) is 7.43. The molecule has 1 aromatic carbocycles. The molecular formula is C8H2ClNO6. The Bertz CT molecular complexity index is 552. The molecule has 1 N–H and O–H groups in total. The zero-order valence-electron chi connectivity index (χ0n) is 7.39. The molecule has 0 saturated carbocycles. The summed E-state index contributed by atoms with van der Waals surface area (Å²) in [5.41, 5.74) is -1.81. The third-order valence-electron chi connectivity index (χ3n) is 2.02. The Morgan fingerprint density at radius 3 is 2.56 bits per heavy atom. The van der Waals surface area contributed by atoms with Gasteiger partial charge in [-0.25, -0.2) is 9.59 Å². The number of phenols is 1. The number of phenolic OH excluding ortho intramolecular Hbond substituents is 1. The van der Waals surface area contributed by atoms with Crippen molar-refractivity contribution in [3.05, 3.63) is 32.3 Å². The first-order valence-electron chi connectivity index (χ1n) is 3.90. The minimum atomic E-state index is -1.17. The van der Waals surface area contributed by atoms with Crippen LogP contribution < -0.4 is 0 Å². The van der Waals surface area contributed by atoms with Gasteiger partial charge in [-0.3, -0.25) is 10.1 Å². The molecule has 0 unspecified atom stereocenters. The summed E-state index contributed by atoms with van der Waals surface area (Å²) in [6.07, 6.45) is 0. The van der Waals surface area contributed by atoms with Gasteiger partial charge in [0.1, 0.15) is 0 Å². The van der Waals surface area contributed by atoms with Crippen LogP contribution in [0.15, 0.2) is 6.07 Å². The molecule has 0 radical (unpaired) electrons. The van der Waals surface area contributed by atoms with Gasteiger partial charge >= 0.3 is 17.6 Å². The maximum Gasteiger partial charge on any atom is 0.354 e. The molecule has 2 rings (SSSR count). The molecule has 0 aromatic heterocycles. The van der Waals surface area contributed by atoms with E-state index in [2.05, 4.69) is 4.74 Å². The Labute approximate surface area is 92.3 Å². The quantitative estimate of drug-likeness (QED) is 0.344. The zero-order valence-corrected chi connectivity index (χ0v) is 8.15. The van der Waals surface area contributed by atoms with E-state index in [4.69, 9.17) is 11.6 Å².